The number of para-hydroxylation sites is 2. The Kier molecular flexibility index (Phi) is 3.35. The SMILES string of the molecule is COc1ccccc1OCc1nnc2c(N)ccc(C)n12. The van der Waals surface area contributed by atoms with Crippen molar-refractivity contribution in [2.75, 3.05) is 12.8 Å². The maximum Gasteiger partial charge on any atom is 0.184 e. The van der Waals surface area contributed by atoms with Gasteiger partial charge in [0.25, 0.3) is 0 Å². The van der Waals surface area contributed by atoms with Gasteiger partial charge in [-0.05, 0) is 31.2 Å². The number of fused-ring (bicyclic) bond motifs is 1. The first-order chi connectivity index (χ1) is 10.2. The lowest BCUT2D eigenvalue weighted by atomic mass is 10.3. The highest BCUT2D eigenvalue weighted by molar-refractivity contribution is 5.64. The third kappa shape index (κ3) is 2.35. The van der Waals surface area contributed by atoms with Crippen LogP contribution in [0.25, 0.3) is 5.65 Å². The van der Waals surface area contributed by atoms with E-state index in [1.807, 2.05) is 47.7 Å². The van der Waals surface area contributed by atoms with E-state index in [-0.39, 0.29) is 6.61 Å². The van der Waals surface area contributed by atoms with Crippen molar-refractivity contribution in [3.05, 3.63) is 47.9 Å². The zero-order chi connectivity index (χ0) is 14.8. The van der Waals surface area contributed by atoms with Crippen molar-refractivity contribution in [1.29, 1.82) is 0 Å². The smallest absolute Gasteiger partial charge is 0.184 e. The Morgan fingerprint density at radius 1 is 1.10 bits per heavy atom. The van der Waals surface area contributed by atoms with Gasteiger partial charge in [-0.15, -0.1) is 10.2 Å². The van der Waals surface area contributed by atoms with Crippen LogP contribution in [-0.4, -0.2) is 21.7 Å². The third-order valence-electron chi connectivity index (χ3n) is 3.27. The molecule has 0 aliphatic rings. The number of ether oxygens (including phenoxy) is 2. The van der Waals surface area contributed by atoms with Gasteiger partial charge in [0.15, 0.2) is 23.0 Å². The van der Waals surface area contributed by atoms with Crippen molar-refractivity contribution >= 4 is 11.3 Å². The van der Waals surface area contributed by atoms with Gasteiger partial charge in [-0.25, -0.2) is 0 Å². The molecule has 6 heteroatoms. The van der Waals surface area contributed by atoms with Gasteiger partial charge in [0.1, 0.15) is 6.61 Å². The largest absolute Gasteiger partial charge is 0.493 e. The molecule has 0 spiro atoms. The Bertz CT molecular complexity index is 782. The number of aryl methyl sites for hydroxylation is 1. The molecule has 0 amide bonds. The molecule has 1 aromatic carbocycles. The summed E-state index contributed by atoms with van der Waals surface area (Å²) in [7, 11) is 1.61. The number of hydrogen-bond donors (Lipinski definition) is 1. The molecule has 0 aliphatic carbocycles. The number of rotatable bonds is 4. The van der Waals surface area contributed by atoms with E-state index in [0.717, 1.165) is 5.69 Å². The highest BCUT2D eigenvalue weighted by Gasteiger charge is 2.11. The van der Waals surface area contributed by atoms with Crippen LogP contribution in [0, 0.1) is 6.92 Å². The van der Waals surface area contributed by atoms with E-state index < -0.39 is 0 Å². The lowest BCUT2D eigenvalue weighted by Crippen LogP contribution is -2.05. The summed E-state index contributed by atoms with van der Waals surface area (Å²) < 4.78 is 12.9. The molecule has 6 nitrogen and oxygen atoms in total. The van der Waals surface area contributed by atoms with E-state index >= 15 is 0 Å². The van der Waals surface area contributed by atoms with Gasteiger partial charge >= 0.3 is 0 Å². The Balaban J connectivity index is 1.91. The summed E-state index contributed by atoms with van der Waals surface area (Å²) in [5.41, 5.74) is 8.15. The fourth-order valence-corrected chi connectivity index (χ4v) is 2.21. The number of aromatic nitrogens is 3. The number of pyridine rings is 1. The van der Waals surface area contributed by atoms with Crippen molar-refractivity contribution in [3.63, 3.8) is 0 Å². The second-order valence-corrected chi connectivity index (χ2v) is 4.64. The standard InChI is InChI=1S/C15H16N4O2/c1-10-7-8-11(16)15-18-17-14(19(10)15)9-21-13-6-4-3-5-12(13)20-2/h3-8H,9,16H2,1-2H3. The van der Waals surface area contributed by atoms with Crippen LogP contribution < -0.4 is 15.2 Å². The van der Waals surface area contributed by atoms with Crippen LogP contribution in [-0.2, 0) is 6.61 Å². The van der Waals surface area contributed by atoms with E-state index in [0.29, 0.717) is 28.7 Å². The molecule has 108 valence electrons. The monoisotopic (exact) mass is 284 g/mol. The molecule has 2 N–H and O–H groups in total. The molecule has 21 heavy (non-hydrogen) atoms. The average Bonchev–Trinajstić information content (AvgIpc) is 2.94. The van der Waals surface area contributed by atoms with Gasteiger partial charge in [0.05, 0.1) is 12.8 Å². The first-order valence-electron chi connectivity index (χ1n) is 6.55. The molecular weight excluding hydrogens is 268 g/mol. The van der Waals surface area contributed by atoms with E-state index in [1.54, 1.807) is 7.11 Å². The van der Waals surface area contributed by atoms with Crippen molar-refractivity contribution in [2.24, 2.45) is 0 Å². The molecule has 3 aromatic rings. The summed E-state index contributed by atoms with van der Waals surface area (Å²) in [6.07, 6.45) is 0. The Labute approximate surface area is 122 Å². The van der Waals surface area contributed by atoms with Crippen LogP contribution >= 0.6 is 0 Å². The molecule has 0 atom stereocenters. The number of benzene rings is 1. The number of methoxy groups -OCH3 is 1. The van der Waals surface area contributed by atoms with Crippen molar-refractivity contribution in [1.82, 2.24) is 14.6 Å². The summed E-state index contributed by atoms with van der Waals surface area (Å²) >= 11 is 0. The average molecular weight is 284 g/mol. The number of nitrogens with zero attached hydrogens (tertiary/aromatic N) is 3. The minimum absolute atomic E-state index is 0.284. The molecular formula is C15H16N4O2. The van der Waals surface area contributed by atoms with Crippen LogP contribution in [0.5, 0.6) is 11.5 Å². The molecule has 0 bridgehead atoms. The van der Waals surface area contributed by atoms with Crippen LogP contribution in [0.1, 0.15) is 11.5 Å². The quantitative estimate of drug-likeness (QED) is 0.795. The van der Waals surface area contributed by atoms with Gasteiger partial charge in [-0.1, -0.05) is 12.1 Å². The second kappa shape index (κ2) is 5.32. The first kappa shape index (κ1) is 13.2. The van der Waals surface area contributed by atoms with Crippen LogP contribution in [0.4, 0.5) is 5.69 Å². The summed E-state index contributed by atoms with van der Waals surface area (Å²) in [6.45, 7) is 2.26. The fraction of sp³-hybridized carbons (Fsp3) is 0.200. The molecule has 0 unspecified atom stereocenters. The van der Waals surface area contributed by atoms with Crippen molar-refractivity contribution in [3.8, 4) is 11.5 Å². The molecule has 3 rings (SSSR count). The molecule has 0 fully saturated rings. The lowest BCUT2D eigenvalue weighted by Gasteiger charge is -2.10. The van der Waals surface area contributed by atoms with Crippen molar-refractivity contribution in [2.45, 2.75) is 13.5 Å². The van der Waals surface area contributed by atoms with E-state index in [9.17, 15) is 0 Å². The zero-order valence-electron chi connectivity index (χ0n) is 11.9. The second-order valence-electron chi connectivity index (χ2n) is 4.64. The molecule has 2 heterocycles. The maximum absolute atomic E-state index is 5.91. The minimum Gasteiger partial charge on any atom is -0.493 e. The Morgan fingerprint density at radius 3 is 2.62 bits per heavy atom. The highest BCUT2D eigenvalue weighted by atomic mass is 16.5. The topological polar surface area (TPSA) is 74.7 Å². The first-order valence-corrected chi connectivity index (χ1v) is 6.55. The predicted molar refractivity (Wildman–Crippen MR) is 79.5 cm³/mol. The number of hydrogen-bond acceptors (Lipinski definition) is 5. The Hall–Kier alpha value is -2.76. The molecule has 2 aromatic heterocycles. The molecule has 0 radical (unpaired) electrons. The molecule has 0 aliphatic heterocycles. The number of nitrogens with two attached hydrogens (primary N) is 1. The fourth-order valence-electron chi connectivity index (χ4n) is 2.21. The minimum atomic E-state index is 0.284. The van der Waals surface area contributed by atoms with Crippen LogP contribution in [0.2, 0.25) is 0 Å². The van der Waals surface area contributed by atoms with Crippen LogP contribution in [0.15, 0.2) is 36.4 Å². The molecule has 0 saturated carbocycles. The summed E-state index contributed by atoms with van der Waals surface area (Å²) in [5, 5.41) is 8.27. The van der Waals surface area contributed by atoms with E-state index in [4.69, 9.17) is 15.2 Å². The van der Waals surface area contributed by atoms with Crippen molar-refractivity contribution < 1.29 is 9.47 Å². The van der Waals surface area contributed by atoms with E-state index in [2.05, 4.69) is 10.2 Å². The Morgan fingerprint density at radius 2 is 1.86 bits per heavy atom. The van der Waals surface area contributed by atoms with Gasteiger partial charge in [0, 0.05) is 5.69 Å². The molecule has 0 saturated heterocycles. The summed E-state index contributed by atoms with van der Waals surface area (Å²) in [4.78, 5) is 0. The van der Waals surface area contributed by atoms with Gasteiger partial charge in [-0.2, -0.15) is 0 Å². The lowest BCUT2D eigenvalue weighted by molar-refractivity contribution is 0.275. The van der Waals surface area contributed by atoms with Gasteiger partial charge in [-0.3, -0.25) is 4.40 Å². The maximum atomic E-state index is 5.91. The van der Waals surface area contributed by atoms with E-state index in [1.165, 1.54) is 0 Å². The van der Waals surface area contributed by atoms with Crippen LogP contribution in [0.3, 0.4) is 0 Å². The summed E-state index contributed by atoms with van der Waals surface area (Å²) in [6, 6.07) is 11.2. The van der Waals surface area contributed by atoms with Gasteiger partial charge in [0.2, 0.25) is 0 Å². The van der Waals surface area contributed by atoms with Gasteiger partial charge < -0.3 is 15.2 Å². The normalized spacial score (nSPS) is 10.8. The third-order valence-corrected chi connectivity index (χ3v) is 3.27. The highest BCUT2D eigenvalue weighted by Crippen LogP contribution is 2.26. The summed E-state index contributed by atoms with van der Waals surface area (Å²) in [5.74, 6) is 2.04. The zero-order valence-corrected chi connectivity index (χ0v) is 11.9. The predicted octanol–water partition coefficient (Wildman–Crippen LogP) is 2.21. The number of nitrogen functional groups attached to an aromatic ring is 1. The number of anilines is 1.